The molecule has 5 rings (SSSR count). The van der Waals surface area contributed by atoms with E-state index in [4.69, 9.17) is 9.90 Å². The number of aliphatic hydroxyl groups excluding tert-OH is 2. The molecule has 5 aliphatic carbocycles. The molecule has 0 amide bonds. The van der Waals surface area contributed by atoms with Crippen molar-refractivity contribution in [3.8, 4) is 0 Å². The first-order valence-corrected chi connectivity index (χ1v) is 14.2. The lowest BCUT2D eigenvalue weighted by molar-refractivity contribution is -0.207. The van der Waals surface area contributed by atoms with E-state index in [9.17, 15) is 10.2 Å². The number of allylic oxidation sites excluding steroid dienone is 2. The molecule has 0 radical (unpaired) electrons. The zero-order chi connectivity index (χ0) is 26.2. The molecule has 4 saturated carbocycles. The van der Waals surface area contributed by atoms with Crippen LogP contribution in [0.4, 0.5) is 0 Å². The summed E-state index contributed by atoms with van der Waals surface area (Å²) in [5, 5.41) is 29.1. The van der Waals surface area contributed by atoms with Crippen LogP contribution in [0.25, 0.3) is 0 Å². The number of fused-ring (bicyclic) bond motifs is 7. The molecule has 0 aromatic heterocycles. The second kappa shape index (κ2) is 8.32. The Labute approximate surface area is 214 Å². The quantitative estimate of drug-likeness (QED) is 0.258. The van der Waals surface area contributed by atoms with E-state index in [0.717, 1.165) is 19.3 Å². The van der Waals surface area contributed by atoms with Crippen molar-refractivity contribution in [2.24, 2.45) is 50.2 Å². The minimum absolute atomic E-state index is 0.0157. The molecule has 0 bridgehead atoms. The molecule has 9 unspecified atom stereocenters. The fourth-order valence-electron chi connectivity index (χ4n) is 10.7. The van der Waals surface area contributed by atoms with Gasteiger partial charge in [0.25, 0.3) is 6.47 Å². The van der Waals surface area contributed by atoms with Crippen molar-refractivity contribution in [2.45, 2.75) is 125 Å². The molecule has 0 spiro atoms. The summed E-state index contributed by atoms with van der Waals surface area (Å²) in [6, 6.07) is 0. The van der Waals surface area contributed by atoms with Crippen LogP contribution < -0.4 is 0 Å². The number of aliphatic hydroxyl groups is 2. The predicted octanol–water partition coefficient (Wildman–Crippen LogP) is 6.84. The number of hydrogen-bond acceptors (Lipinski definition) is 3. The Bertz CT molecular complexity index is 875. The molecule has 4 fully saturated rings. The first-order valence-electron chi connectivity index (χ1n) is 14.2. The van der Waals surface area contributed by atoms with Crippen LogP contribution in [0.15, 0.2) is 11.6 Å². The van der Waals surface area contributed by atoms with Crippen molar-refractivity contribution in [2.75, 3.05) is 0 Å². The third-order valence-corrected chi connectivity index (χ3v) is 13.1. The van der Waals surface area contributed by atoms with Gasteiger partial charge in [0.15, 0.2) is 0 Å². The monoisotopic (exact) mass is 488 g/mol. The lowest BCUT2D eigenvalue weighted by Gasteiger charge is -2.71. The van der Waals surface area contributed by atoms with Gasteiger partial charge in [0, 0.05) is 5.41 Å². The highest BCUT2D eigenvalue weighted by atomic mass is 16.3. The van der Waals surface area contributed by atoms with Gasteiger partial charge < -0.3 is 15.3 Å². The fourth-order valence-corrected chi connectivity index (χ4v) is 10.7. The van der Waals surface area contributed by atoms with Gasteiger partial charge in [-0.15, -0.1) is 0 Å². The highest BCUT2D eigenvalue weighted by molar-refractivity contribution is 5.34. The second-order valence-electron chi connectivity index (χ2n) is 15.4. The standard InChI is InChI=1S/C30H50O2.CH2O2/c1-25(2)17-20-19-9-10-22-28(6)13-12-23(31)26(3,4)21(28)11-14-30(22,8)29(19,7)16-15-27(20,5)24(32)18-25;2-1-3/h9,20-24,31-32H,10-18H2,1-8H3;1H,(H,2,3). The van der Waals surface area contributed by atoms with Gasteiger partial charge in [0.2, 0.25) is 0 Å². The molecule has 200 valence electrons. The maximum Gasteiger partial charge on any atom is 0.290 e. The highest BCUT2D eigenvalue weighted by Gasteiger charge is 2.68. The van der Waals surface area contributed by atoms with Crippen LogP contribution in [-0.4, -0.2) is 34.0 Å². The molecule has 5 aliphatic rings. The topological polar surface area (TPSA) is 77.8 Å². The summed E-state index contributed by atoms with van der Waals surface area (Å²) in [7, 11) is 0. The molecule has 4 heteroatoms. The largest absolute Gasteiger partial charge is 0.483 e. The average molecular weight is 489 g/mol. The Hall–Kier alpha value is -0.870. The summed E-state index contributed by atoms with van der Waals surface area (Å²) in [6.45, 7) is 19.4. The van der Waals surface area contributed by atoms with E-state index >= 15 is 0 Å². The molecule has 0 aliphatic heterocycles. The van der Waals surface area contributed by atoms with E-state index in [1.54, 1.807) is 5.57 Å². The molecule has 0 aromatic rings. The van der Waals surface area contributed by atoms with E-state index in [2.05, 4.69) is 61.5 Å². The molecule has 4 nitrogen and oxygen atoms in total. The van der Waals surface area contributed by atoms with Crippen LogP contribution in [-0.2, 0) is 4.79 Å². The Morgan fingerprint density at radius 2 is 1.43 bits per heavy atom. The van der Waals surface area contributed by atoms with Crippen LogP contribution in [0.1, 0.15) is 113 Å². The summed E-state index contributed by atoms with van der Waals surface area (Å²) in [6.07, 6.45) is 12.8. The molecular weight excluding hydrogens is 436 g/mol. The van der Waals surface area contributed by atoms with E-state index < -0.39 is 0 Å². The molecule has 0 aromatic carbocycles. The fraction of sp³-hybridized carbons (Fsp3) is 0.903. The third-order valence-electron chi connectivity index (χ3n) is 13.1. The zero-order valence-electron chi connectivity index (χ0n) is 23.7. The van der Waals surface area contributed by atoms with Gasteiger partial charge in [-0.3, -0.25) is 4.79 Å². The summed E-state index contributed by atoms with van der Waals surface area (Å²) < 4.78 is 0. The molecule has 0 saturated heterocycles. The Balaban J connectivity index is 0.000000917. The van der Waals surface area contributed by atoms with E-state index in [1.165, 1.54) is 38.5 Å². The van der Waals surface area contributed by atoms with Crippen molar-refractivity contribution in [3.63, 3.8) is 0 Å². The maximum atomic E-state index is 11.3. The van der Waals surface area contributed by atoms with Crippen LogP contribution in [0.2, 0.25) is 0 Å². The maximum absolute atomic E-state index is 11.3. The number of carboxylic acid groups (broad SMARTS) is 1. The average Bonchev–Trinajstić information content (AvgIpc) is 2.74. The van der Waals surface area contributed by atoms with Crippen molar-refractivity contribution in [1.29, 1.82) is 0 Å². The van der Waals surface area contributed by atoms with Crippen LogP contribution in [0.5, 0.6) is 0 Å². The number of hydrogen-bond donors (Lipinski definition) is 3. The summed E-state index contributed by atoms with van der Waals surface area (Å²) in [5.74, 6) is 1.83. The van der Waals surface area contributed by atoms with Gasteiger partial charge in [-0.25, -0.2) is 0 Å². The molecule has 35 heavy (non-hydrogen) atoms. The smallest absolute Gasteiger partial charge is 0.290 e. The van der Waals surface area contributed by atoms with Gasteiger partial charge >= 0.3 is 0 Å². The first-order chi connectivity index (χ1) is 16.0. The molecule has 9 atom stereocenters. The van der Waals surface area contributed by atoms with Gasteiger partial charge in [0.05, 0.1) is 12.2 Å². The van der Waals surface area contributed by atoms with Crippen molar-refractivity contribution >= 4 is 6.47 Å². The van der Waals surface area contributed by atoms with Crippen LogP contribution in [0.3, 0.4) is 0 Å². The normalized spacial score (nSPS) is 51.7. The summed E-state index contributed by atoms with van der Waals surface area (Å²) in [5.41, 5.74) is 2.86. The number of rotatable bonds is 0. The SMILES string of the molecule is CC1(C)CC(O)C2(C)CCC3(C)C(=CCC4C5(C)CCC(O)C(C)(C)C5CCC43C)C2C1.O=CO. The highest BCUT2D eigenvalue weighted by Crippen LogP contribution is 2.75. The Morgan fingerprint density at radius 1 is 0.800 bits per heavy atom. The van der Waals surface area contributed by atoms with Crippen molar-refractivity contribution in [1.82, 2.24) is 0 Å². The minimum atomic E-state index is -0.250. The second-order valence-corrected chi connectivity index (χ2v) is 15.4. The van der Waals surface area contributed by atoms with Crippen molar-refractivity contribution in [3.05, 3.63) is 11.6 Å². The zero-order valence-corrected chi connectivity index (χ0v) is 23.7. The van der Waals surface area contributed by atoms with E-state index in [-0.39, 0.29) is 40.3 Å². The Kier molecular flexibility index (Phi) is 6.46. The Morgan fingerprint density at radius 3 is 2.06 bits per heavy atom. The van der Waals surface area contributed by atoms with Crippen LogP contribution >= 0.6 is 0 Å². The first kappa shape index (κ1) is 27.2. The lowest BCUT2D eigenvalue weighted by Crippen LogP contribution is -2.65. The molecular formula is C31H52O4. The lowest BCUT2D eigenvalue weighted by atomic mass is 9.33. The van der Waals surface area contributed by atoms with Gasteiger partial charge in [-0.1, -0.05) is 67.0 Å². The number of carbonyl (C=O) groups is 1. The third kappa shape index (κ3) is 3.62. The molecule has 3 N–H and O–H groups in total. The predicted molar refractivity (Wildman–Crippen MR) is 141 cm³/mol. The summed E-state index contributed by atoms with van der Waals surface area (Å²) >= 11 is 0. The van der Waals surface area contributed by atoms with E-state index in [0.29, 0.717) is 28.6 Å². The van der Waals surface area contributed by atoms with Crippen LogP contribution in [0, 0.1) is 50.2 Å². The van der Waals surface area contributed by atoms with Gasteiger partial charge in [-0.05, 0) is 103 Å². The molecule has 0 heterocycles. The van der Waals surface area contributed by atoms with E-state index in [1.807, 2.05) is 0 Å². The summed E-state index contributed by atoms with van der Waals surface area (Å²) in [4.78, 5) is 8.36. The minimum Gasteiger partial charge on any atom is -0.483 e. The van der Waals surface area contributed by atoms with Gasteiger partial charge in [0.1, 0.15) is 0 Å². The van der Waals surface area contributed by atoms with Crippen molar-refractivity contribution < 1.29 is 20.1 Å². The van der Waals surface area contributed by atoms with Gasteiger partial charge in [-0.2, -0.15) is 0 Å².